The van der Waals surface area contributed by atoms with E-state index in [-0.39, 0.29) is 4.90 Å². The molecule has 0 bridgehead atoms. The van der Waals surface area contributed by atoms with E-state index in [1.165, 1.54) is 28.1 Å². The minimum absolute atomic E-state index is 0.265. The Morgan fingerprint density at radius 2 is 1.76 bits per heavy atom. The summed E-state index contributed by atoms with van der Waals surface area (Å²) in [6, 6.07) is 14.1. The summed E-state index contributed by atoms with van der Waals surface area (Å²) in [5.74, 6) is -0.714. The van der Waals surface area contributed by atoms with Crippen molar-refractivity contribution in [3.8, 4) is 0 Å². The second-order valence-corrected chi connectivity index (χ2v) is 8.92. The fourth-order valence-electron chi connectivity index (χ4n) is 3.00. The Bertz CT molecular complexity index is 830. The quantitative estimate of drug-likeness (QED) is 0.750. The number of halogens is 2. The molecular formula is C18H20BrFN2O2S. The van der Waals surface area contributed by atoms with Gasteiger partial charge in [-0.05, 0) is 36.7 Å². The van der Waals surface area contributed by atoms with Crippen molar-refractivity contribution in [3.63, 3.8) is 0 Å². The molecule has 0 saturated carbocycles. The molecule has 0 radical (unpaired) electrons. The predicted octanol–water partition coefficient (Wildman–Crippen LogP) is 3.48. The van der Waals surface area contributed by atoms with Crippen LogP contribution in [-0.2, 0) is 16.6 Å². The molecule has 1 fully saturated rings. The van der Waals surface area contributed by atoms with E-state index in [2.05, 4.69) is 33.0 Å². The minimum Gasteiger partial charge on any atom is -0.298 e. The molecule has 25 heavy (non-hydrogen) atoms. The monoisotopic (exact) mass is 426 g/mol. The maximum atomic E-state index is 14.0. The second kappa shape index (κ2) is 7.95. The molecule has 2 aromatic rings. The standard InChI is InChI=1S/C18H20BrFN2O2S/c19-16-7-8-17(20)18(13-16)25(23,24)22-10-4-9-21(11-12-22)14-15-5-2-1-3-6-15/h1-3,5-8,13H,4,9-12,14H2. The molecule has 2 aromatic carbocycles. The van der Waals surface area contributed by atoms with Crippen molar-refractivity contribution in [1.29, 1.82) is 0 Å². The molecule has 0 aromatic heterocycles. The Hall–Kier alpha value is -1.28. The number of hydrogen-bond acceptors (Lipinski definition) is 3. The molecule has 0 amide bonds. The fourth-order valence-corrected chi connectivity index (χ4v) is 5.07. The van der Waals surface area contributed by atoms with Gasteiger partial charge in [0.15, 0.2) is 0 Å². The lowest BCUT2D eigenvalue weighted by molar-refractivity contribution is 0.278. The maximum Gasteiger partial charge on any atom is 0.246 e. The van der Waals surface area contributed by atoms with Crippen molar-refractivity contribution in [2.24, 2.45) is 0 Å². The Kier molecular flexibility index (Phi) is 5.89. The molecule has 1 aliphatic heterocycles. The largest absolute Gasteiger partial charge is 0.298 e. The van der Waals surface area contributed by atoms with Crippen molar-refractivity contribution < 1.29 is 12.8 Å². The van der Waals surface area contributed by atoms with Crippen LogP contribution in [0.4, 0.5) is 4.39 Å². The molecule has 4 nitrogen and oxygen atoms in total. The number of nitrogens with zero attached hydrogens (tertiary/aromatic N) is 2. The van der Waals surface area contributed by atoms with Crippen molar-refractivity contribution >= 4 is 26.0 Å². The van der Waals surface area contributed by atoms with Crippen LogP contribution in [0.15, 0.2) is 57.9 Å². The minimum atomic E-state index is -3.83. The van der Waals surface area contributed by atoms with Gasteiger partial charge in [0, 0.05) is 30.7 Å². The fraction of sp³-hybridized carbons (Fsp3) is 0.333. The van der Waals surface area contributed by atoms with Crippen LogP contribution in [0.5, 0.6) is 0 Å². The number of hydrogen-bond donors (Lipinski definition) is 0. The third kappa shape index (κ3) is 4.47. The van der Waals surface area contributed by atoms with Crippen LogP contribution in [0.3, 0.4) is 0 Å². The number of rotatable bonds is 4. The third-order valence-electron chi connectivity index (χ3n) is 4.31. The summed E-state index contributed by atoms with van der Waals surface area (Å²) in [6.45, 7) is 3.01. The van der Waals surface area contributed by atoms with Crippen LogP contribution < -0.4 is 0 Å². The summed E-state index contributed by atoms with van der Waals surface area (Å²) in [7, 11) is -3.83. The Morgan fingerprint density at radius 1 is 1.00 bits per heavy atom. The summed E-state index contributed by atoms with van der Waals surface area (Å²) in [4.78, 5) is 1.97. The van der Waals surface area contributed by atoms with E-state index < -0.39 is 15.8 Å². The zero-order valence-electron chi connectivity index (χ0n) is 13.7. The molecule has 0 unspecified atom stereocenters. The van der Waals surface area contributed by atoms with Gasteiger partial charge in [-0.2, -0.15) is 4.31 Å². The molecule has 0 N–H and O–H groups in total. The molecule has 7 heteroatoms. The van der Waals surface area contributed by atoms with Crippen LogP contribution >= 0.6 is 15.9 Å². The van der Waals surface area contributed by atoms with Crippen LogP contribution in [-0.4, -0.2) is 43.8 Å². The molecule has 1 heterocycles. The normalized spacial score (nSPS) is 17.4. The maximum absolute atomic E-state index is 14.0. The first kappa shape index (κ1) is 18.5. The molecule has 0 aliphatic carbocycles. The highest BCUT2D eigenvalue weighted by atomic mass is 79.9. The van der Waals surface area contributed by atoms with Gasteiger partial charge in [-0.25, -0.2) is 12.8 Å². The molecule has 1 saturated heterocycles. The van der Waals surface area contributed by atoms with Crippen molar-refractivity contribution in [2.45, 2.75) is 17.9 Å². The molecule has 0 atom stereocenters. The van der Waals surface area contributed by atoms with E-state index in [0.717, 1.165) is 19.5 Å². The van der Waals surface area contributed by atoms with E-state index in [1.54, 1.807) is 0 Å². The predicted molar refractivity (Wildman–Crippen MR) is 99.2 cm³/mol. The first-order valence-electron chi connectivity index (χ1n) is 8.18. The highest BCUT2D eigenvalue weighted by molar-refractivity contribution is 9.10. The van der Waals surface area contributed by atoms with E-state index >= 15 is 0 Å². The topological polar surface area (TPSA) is 40.6 Å². The van der Waals surface area contributed by atoms with E-state index in [9.17, 15) is 12.8 Å². The summed E-state index contributed by atoms with van der Waals surface area (Å²) in [6.07, 6.45) is 0.724. The SMILES string of the molecule is O=S(=O)(c1cc(Br)ccc1F)N1CCCN(Cc2ccccc2)CC1. The highest BCUT2D eigenvalue weighted by Crippen LogP contribution is 2.24. The summed E-state index contributed by atoms with van der Waals surface area (Å²) in [5, 5.41) is 0. The summed E-state index contributed by atoms with van der Waals surface area (Å²) in [5.41, 5.74) is 1.21. The van der Waals surface area contributed by atoms with Gasteiger partial charge in [0.2, 0.25) is 10.0 Å². The van der Waals surface area contributed by atoms with Gasteiger partial charge in [0.05, 0.1) is 0 Å². The van der Waals surface area contributed by atoms with E-state index in [4.69, 9.17) is 0 Å². The van der Waals surface area contributed by atoms with Gasteiger partial charge in [0.1, 0.15) is 10.7 Å². The van der Waals surface area contributed by atoms with Gasteiger partial charge in [-0.3, -0.25) is 4.90 Å². The lowest BCUT2D eigenvalue weighted by atomic mass is 10.2. The summed E-state index contributed by atoms with van der Waals surface area (Å²) < 4.78 is 41.6. The highest BCUT2D eigenvalue weighted by Gasteiger charge is 2.29. The Labute approximate surface area is 156 Å². The van der Waals surface area contributed by atoms with Gasteiger partial charge in [0.25, 0.3) is 0 Å². The third-order valence-corrected chi connectivity index (χ3v) is 6.71. The molecular weight excluding hydrogens is 407 g/mol. The van der Waals surface area contributed by atoms with Crippen LogP contribution in [0.2, 0.25) is 0 Å². The first-order chi connectivity index (χ1) is 12.0. The van der Waals surface area contributed by atoms with Crippen molar-refractivity contribution in [3.05, 3.63) is 64.4 Å². The van der Waals surface area contributed by atoms with Gasteiger partial charge < -0.3 is 0 Å². The van der Waals surface area contributed by atoms with Crippen LogP contribution in [0.1, 0.15) is 12.0 Å². The van der Waals surface area contributed by atoms with Crippen molar-refractivity contribution in [1.82, 2.24) is 9.21 Å². The molecule has 0 spiro atoms. The number of benzene rings is 2. The number of sulfonamides is 1. The van der Waals surface area contributed by atoms with E-state index in [1.807, 2.05) is 18.2 Å². The second-order valence-electron chi connectivity index (χ2n) is 6.09. The average molecular weight is 427 g/mol. The lowest BCUT2D eigenvalue weighted by Crippen LogP contribution is -2.35. The zero-order valence-corrected chi connectivity index (χ0v) is 16.1. The van der Waals surface area contributed by atoms with Gasteiger partial charge in [-0.15, -0.1) is 0 Å². The summed E-state index contributed by atoms with van der Waals surface area (Å²) >= 11 is 3.22. The average Bonchev–Trinajstić information content (AvgIpc) is 2.84. The smallest absolute Gasteiger partial charge is 0.246 e. The van der Waals surface area contributed by atoms with Crippen molar-refractivity contribution in [2.75, 3.05) is 26.2 Å². The van der Waals surface area contributed by atoms with Crippen LogP contribution in [0.25, 0.3) is 0 Å². The van der Waals surface area contributed by atoms with E-state index in [0.29, 0.717) is 24.1 Å². The van der Waals surface area contributed by atoms with Crippen LogP contribution in [0, 0.1) is 5.82 Å². The Morgan fingerprint density at radius 3 is 2.52 bits per heavy atom. The lowest BCUT2D eigenvalue weighted by Gasteiger charge is -2.22. The van der Waals surface area contributed by atoms with Gasteiger partial charge in [-0.1, -0.05) is 46.3 Å². The molecule has 134 valence electrons. The Balaban J connectivity index is 1.73. The zero-order chi connectivity index (χ0) is 17.9. The van der Waals surface area contributed by atoms with Gasteiger partial charge >= 0.3 is 0 Å². The first-order valence-corrected chi connectivity index (χ1v) is 10.4. The molecule has 3 rings (SSSR count). The molecule has 1 aliphatic rings.